The highest BCUT2D eigenvalue weighted by Crippen LogP contribution is 2.60. The largest absolute Gasteiger partial charge is 0.512 e. The zero-order valence-corrected chi connectivity index (χ0v) is 14.5. The molecule has 4 nitrogen and oxygen atoms in total. The lowest BCUT2D eigenvalue weighted by molar-refractivity contribution is -0.275. The summed E-state index contributed by atoms with van der Waals surface area (Å²) in [5.74, 6) is 1.06. The number of aliphatic hydroxyl groups excluding tert-OH is 2. The van der Waals surface area contributed by atoms with Crippen molar-refractivity contribution < 1.29 is 19.7 Å². The van der Waals surface area contributed by atoms with E-state index in [1.165, 1.54) is 19.3 Å². The third-order valence-corrected chi connectivity index (χ3v) is 6.44. The van der Waals surface area contributed by atoms with Crippen LogP contribution in [0.4, 0.5) is 0 Å². The second kappa shape index (κ2) is 7.12. The number of hydrogen-bond acceptors (Lipinski definition) is 4. The van der Waals surface area contributed by atoms with Gasteiger partial charge in [0.05, 0.1) is 25.1 Å². The van der Waals surface area contributed by atoms with Gasteiger partial charge in [-0.2, -0.15) is 0 Å². The Bertz CT molecular complexity index is 423. The fourth-order valence-electron chi connectivity index (χ4n) is 4.82. The molecule has 2 saturated carbocycles. The van der Waals surface area contributed by atoms with Gasteiger partial charge in [-0.3, -0.25) is 0 Å². The molecule has 2 N–H and O–H groups in total. The second-order valence-corrected chi connectivity index (χ2v) is 7.56. The van der Waals surface area contributed by atoms with Crippen LogP contribution in [0.25, 0.3) is 0 Å². The number of unbranched alkanes of at least 4 members (excludes halogenated alkanes) is 1. The Morgan fingerprint density at radius 2 is 1.96 bits per heavy atom. The van der Waals surface area contributed by atoms with Crippen LogP contribution in [0.3, 0.4) is 0 Å². The predicted octanol–water partition coefficient (Wildman–Crippen LogP) is 3.79. The first-order chi connectivity index (χ1) is 11.1. The van der Waals surface area contributed by atoms with Gasteiger partial charge in [0.15, 0.2) is 5.79 Å². The normalized spacial score (nSPS) is 35.7. The van der Waals surface area contributed by atoms with Crippen LogP contribution in [0.2, 0.25) is 0 Å². The Balaban J connectivity index is 1.50. The predicted molar refractivity (Wildman–Crippen MR) is 89.0 cm³/mol. The van der Waals surface area contributed by atoms with E-state index in [1.807, 2.05) is 6.08 Å². The lowest BCUT2D eigenvalue weighted by atomic mass is 9.69. The fourth-order valence-corrected chi connectivity index (χ4v) is 4.82. The maximum atomic E-state index is 10.5. The van der Waals surface area contributed by atoms with Gasteiger partial charge in [-0.25, -0.2) is 0 Å². The third-order valence-electron chi connectivity index (χ3n) is 6.44. The molecule has 0 radical (unpaired) electrons. The minimum atomic E-state index is -0.450. The van der Waals surface area contributed by atoms with Gasteiger partial charge in [-0.05, 0) is 37.2 Å². The zero-order chi connectivity index (χ0) is 16.4. The van der Waals surface area contributed by atoms with Crippen molar-refractivity contribution >= 4 is 0 Å². The van der Waals surface area contributed by atoms with Gasteiger partial charge in [0, 0.05) is 18.3 Å². The summed E-state index contributed by atoms with van der Waals surface area (Å²) in [6.45, 7) is 5.80. The van der Waals surface area contributed by atoms with Crippen molar-refractivity contribution in [1.29, 1.82) is 0 Å². The lowest BCUT2D eigenvalue weighted by Gasteiger charge is -2.48. The Morgan fingerprint density at radius 1 is 1.26 bits per heavy atom. The van der Waals surface area contributed by atoms with Crippen molar-refractivity contribution in [2.24, 2.45) is 23.7 Å². The molecule has 132 valence electrons. The average molecular weight is 324 g/mol. The molecule has 2 aliphatic carbocycles. The number of hydrogen-bond donors (Lipinski definition) is 2. The van der Waals surface area contributed by atoms with Crippen LogP contribution in [-0.4, -0.2) is 35.3 Å². The Kier molecular flexibility index (Phi) is 5.34. The molecular weight excluding hydrogens is 292 g/mol. The van der Waals surface area contributed by atoms with Crippen LogP contribution in [0, 0.1) is 23.7 Å². The summed E-state index contributed by atoms with van der Waals surface area (Å²) in [5, 5.41) is 20.9. The molecule has 23 heavy (non-hydrogen) atoms. The first-order valence-electron chi connectivity index (χ1n) is 9.46. The van der Waals surface area contributed by atoms with Crippen LogP contribution in [-0.2, 0) is 9.47 Å². The standard InChI is InChI=1S/C19H32O4/c1-3-13(4-2)7-5-6-8-17(20)14-11-16-15(18(14)21)12-19(16)22-9-10-23-19/h8,13-16,18,20-21H,3-7,9-12H2,1-2H3/t14-,15-,16+,18?/m1/s1. The maximum Gasteiger partial charge on any atom is 0.172 e. The lowest BCUT2D eigenvalue weighted by Crippen LogP contribution is -2.54. The molecule has 0 bridgehead atoms. The molecule has 0 aromatic carbocycles. The van der Waals surface area contributed by atoms with Gasteiger partial charge in [0.1, 0.15) is 0 Å². The van der Waals surface area contributed by atoms with E-state index in [4.69, 9.17) is 9.47 Å². The number of ether oxygens (including phenoxy) is 2. The average Bonchev–Trinajstić information content (AvgIpc) is 3.13. The van der Waals surface area contributed by atoms with E-state index in [0.717, 1.165) is 31.6 Å². The van der Waals surface area contributed by atoms with Crippen LogP contribution in [0.5, 0.6) is 0 Å². The van der Waals surface area contributed by atoms with Gasteiger partial charge in [-0.1, -0.05) is 33.1 Å². The highest BCUT2D eigenvalue weighted by molar-refractivity contribution is 5.15. The summed E-state index contributed by atoms with van der Waals surface area (Å²) in [5.41, 5.74) is 0. The van der Waals surface area contributed by atoms with Crippen molar-refractivity contribution in [2.45, 2.75) is 70.7 Å². The molecule has 1 spiro atoms. The maximum absolute atomic E-state index is 10.5. The van der Waals surface area contributed by atoms with E-state index in [0.29, 0.717) is 19.0 Å². The van der Waals surface area contributed by atoms with Gasteiger partial charge in [-0.15, -0.1) is 0 Å². The van der Waals surface area contributed by atoms with E-state index >= 15 is 0 Å². The van der Waals surface area contributed by atoms with Crippen molar-refractivity contribution in [3.05, 3.63) is 11.8 Å². The zero-order valence-electron chi connectivity index (χ0n) is 14.5. The quantitative estimate of drug-likeness (QED) is 0.552. The Hall–Kier alpha value is -0.580. The fraction of sp³-hybridized carbons (Fsp3) is 0.895. The molecule has 1 heterocycles. The molecular formula is C19H32O4. The van der Waals surface area contributed by atoms with Crippen LogP contribution in [0.1, 0.15) is 58.8 Å². The summed E-state index contributed by atoms with van der Waals surface area (Å²) in [6.07, 6.45) is 8.75. The van der Waals surface area contributed by atoms with Gasteiger partial charge in [0.2, 0.25) is 0 Å². The van der Waals surface area contributed by atoms with Crippen molar-refractivity contribution in [3.8, 4) is 0 Å². The highest BCUT2D eigenvalue weighted by Gasteiger charge is 2.65. The summed E-state index contributed by atoms with van der Waals surface area (Å²) in [4.78, 5) is 0. The second-order valence-electron chi connectivity index (χ2n) is 7.56. The Labute approximate surface area is 139 Å². The SMILES string of the molecule is CCC(CC)CCCC=C(O)[C@H]1C[C@H]2[C@@H](CC23OCCO3)C1O. The monoisotopic (exact) mass is 324 g/mol. The number of fused-ring (bicyclic) bond motifs is 2. The third kappa shape index (κ3) is 3.18. The van der Waals surface area contributed by atoms with Crippen molar-refractivity contribution in [1.82, 2.24) is 0 Å². The summed E-state index contributed by atoms with van der Waals surface area (Å²) < 4.78 is 11.6. The smallest absolute Gasteiger partial charge is 0.172 e. The van der Waals surface area contributed by atoms with E-state index in [1.54, 1.807) is 0 Å². The van der Waals surface area contributed by atoms with E-state index in [-0.39, 0.29) is 17.8 Å². The number of allylic oxidation sites excluding steroid dienone is 1. The minimum Gasteiger partial charge on any atom is -0.512 e. The molecule has 3 rings (SSSR count). The molecule has 1 aliphatic heterocycles. The minimum absolute atomic E-state index is 0.134. The molecule has 0 aromatic rings. The van der Waals surface area contributed by atoms with Gasteiger partial charge < -0.3 is 19.7 Å². The number of aliphatic hydroxyl groups is 2. The highest BCUT2D eigenvalue weighted by atomic mass is 16.7. The van der Waals surface area contributed by atoms with E-state index in [9.17, 15) is 10.2 Å². The molecule has 1 unspecified atom stereocenters. The first-order valence-corrected chi connectivity index (χ1v) is 9.46. The van der Waals surface area contributed by atoms with Crippen molar-refractivity contribution in [3.63, 3.8) is 0 Å². The first kappa shape index (κ1) is 17.2. The van der Waals surface area contributed by atoms with Crippen LogP contribution >= 0.6 is 0 Å². The molecule has 3 fully saturated rings. The molecule has 0 amide bonds. The Morgan fingerprint density at radius 3 is 2.61 bits per heavy atom. The number of rotatable bonds is 7. The molecule has 4 atom stereocenters. The summed E-state index contributed by atoms with van der Waals surface area (Å²) in [6, 6.07) is 0. The van der Waals surface area contributed by atoms with E-state index in [2.05, 4.69) is 13.8 Å². The molecule has 1 saturated heterocycles. The van der Waals surface area contributed by atoms with E-state index < -0.39 is 11.9 Å². The molecule has 0 aromatic heterocycles. The van der Waals surface area contributed by atoms with Gasteiger partial charge in [0.25, 0.3) is 0 Å². The topological polar surface area (TPSA) is 58.9 Å². The summed E-state index contributed by atoms with van der Waals surface area (Å²) >= 11 is 0. The van der Waals surface area contributed by atoms with Crippen LogP contribution < -0.4 is 0 Å². The molecule has 4 heteroatoms. The van der Waals surface area contributed by atoms with Gasteiger partial charge >= 0.3 is 0 Å². The molecule has 3 aliphatic rings. The summed E-state index contributed by atoms with van der Waals surface area (Å²) in [7, 11) is 0. The van der Waals surface area contributed by atoms with Crippen LogP contribution in [0.15, 0.2) is 11.8 Å². The van der Waals surface area contributed by atoms with Crippen molar-refractivity contribution in [2.75, 3.05) is 13.2 Å².